The molecule has 6 nitrogen and oxygen atoms in total. The molecule has 3 N–H and O–H groups in total. The van der Waals surface area contributed by atoms with Crippen LogP contribution in [-0.4, -0.2) is 48.9 Å². The molecule has 166 valence electrons. The van der Waals surface area contributed by atoms with Crippen LogP contribution in [-0.2, 0) is 11.2 Å². The molecule has 0 spiro atoms. The first-order chi connectivity index (χ1) is 14.5. The minimum absolute atomic E-state index is 0. The number of carbonyl (C=O) groups excluding carboxylic acids is 1. The van der Waals surface area contributed by atoms with E-state index in [-0.39, 0.29) is 42.5 Å². The van der Waals surface area contributed by atoms with Gasteiger partial charge in [-0.25, -0.2) is 4.99 Å². The fourth-order valence-electron chi connectivity index (χ4n) is 3.43. The van der Waals surface area contributed by atoms with Crippen LogP contribution >= 0.6 is 24.0 Å². The molecule has 0 aliphatic rings. The summed E-state index contributed by atoms with van der Waals surface area (Å²) in [6, 6.07) is 18.6. The lowest BCUT2D eigenvalue weighted by molar-refractivity contribution is -0.127. The van der Waals surface area contributed by atoms with Crippen molar-refractivity contribution < 1.29 is 4.79 Å². The van der Waals surface area contributed by atoms with Crippen molar-refractivity contribution in [2.45, 2.75) is 26.3 Å². The molecular weight excluding hydrogens is 501 g/mol. The SMILES string of the molecule is Cc1[nH]c2ccccc2c1CCNC(=NCC(=O)N(C)C)NC(C)c1ccccc1.I. The highest BCUT2D eigenvalue weighted by Gasteiger charge is 2.11. The number of aliphatic imine (C=N–C) groups is 1. The molecule has 3 aromatic rings. The van der Waals surface area contributed by atoms with Crippen LogP contribution in [0.1, 0.15) is 29.8 Å². The Morgan fingerprint density at radius 1 is 1.10 bits per heavy atom. The Hall–Kier alpha value is -2.55. The minimum Gasteiger partial charge on any atom is -0.358 e. The molecule has 1 heterocycles. The smallest absolute Gasteiger partial charge is 0.243 e. The van der Waals surface area contributed by atoms with E-state index < -0.39 is 0 Å². The number of aromatic nitrogens is 1. The Labute approximate surface area is 201 Å². The molecule has 0 bridgehead atoms. The van der Waals surface area contributed by atoms with E-state index in [0.29, 0.717) is 12.5 Å². The number of carbonyl (C=O) groups is 1. The first-order valence-corrected chi connectivity index (χ1v) is 10.3. The van der Waals surface area contributed by atoms with E-state index in [1.165, 1.54) is 22.2 Å². The van der Waals surface area contributed by atoms with Gasteiger partial charge in [-0.2, -0.15) is 0 Å². The van der Waals surface area contributed by atoms with Crippen molar-refractivity contribution in [3.8, 4) is 0 Å². The summed E-state index contributed by atoms with van der Waals surface area (Å²) < 4.78 is 0. The molecule has 0 saturated carbocycles. The molecule has 0 radical (unpaired) electrons. The number of halogens is 1. The Morgan fingerprint density at radius 3 is 2.48 bits per heavy atom. The fraction of sp³-hybridized carbons (Fsp3) is 0.333. The van der Waals surface area contributed by atoms with Gasteiger partial charge in [-0.15, -0.1) is 24.0 Å². The van der Waals surface area contributed by atoms with E-state index in [9.17, 15) is 4.79 Å². The van der Waals surface area contributed by atoms with Gasteiger partial charge in [0.15, 0.2) is 5.96 Å². The van der Waals surface area contributed by atoms with Gasteiger partial charge in [0, 0.05) is 37.2 Å². The Morgan fingerprint density at radius 2 is 1.77 bits per heavy atom. The van der Waals surface area contributed by atoms with Gasteiger partial charge in [-0.3, -0.25) is 4.79 Å². The maximum atomic E-state index is 12.0. The number of hydrogen-bond acceptors (Lipinski definition) is 2. The van der Waals surface area contributed by atoms with Gasteiger partial charge < -0.3 is 20.5 Å². The number of fused-ring (bicyclic) bond motifs is 1. The summed E-state index contributed by atoms with van der Waals surface area (Å²) in [7, 11) is 3.48. The zero-order valence-corrected chi connectivity index (χ0v) is 20.9. The van der Waals surface area contributed by atoms with Gasteiger partial charge in [-0.1, -0.05) is 48.5 Å². The first kappa shape index (κ1) is 24.7. The average molecular weight is 533 g/mol. The van der Waals surface area contributed by atoms with Crippen molar-refractivity contribution in [2.75, 3.05) is 27.2 Å². The molecule has 7 heteroatoms. The number of amides is 1. The highest BCUT2D eigenvalue weighted by atomic mass is 127. The Bertz CT molecular complexity index is 1010. The summed E-state index contributed by atoms with van der Waals surface area (Å²) in [6.45, 7) is 5.02. The Kier molecular flexibility index (Phi) is 9.36. The third kappa shape index (κ3) is 6.72. The second kappa shape index (κ2) is 11.7. The highest BCUT2D eigenvalue weighted by Crippen LogP contribution is 2.21. The number of guanidine groups is 1. The van der Waals surface area contributed by atoms with Crippen LogP contribution in [0.25, 0.3) is 10.9 Å². The second-order valence-corrected chi connectivity index (χ2v) is 7.68. The third-order valence-corrected chi connectivity index (χ3v) is 5.22. The molecule has 2 aromatic carbocycles. The summed E-state index contributed by atoms with van der Waals surface area (Å²) in [6.07, 6.45) is 0.859. The molecule has 0 aliphatic heterocycles. The molecule has 1 unspecified atom stereocenters. The van der Waals surface area contributed by atoms with Gasteiger partial charge in [0.2, 0.25) is 5.91 Å². The summed E-state index contributed by atoms with van der Waals surface area (Å²) in [5.74, 6) is 0.606. The Balaban J connectivity index is 0.00000341. The van der Waals surface area contributed by atoms with E-state index in [1.807, 2.05) is 24.3 Å². The molecule has 0 fully saturated rings. The second-order valence-electron chi connectivity index (χ2n) is 7.68. The number of benzene rings is 2. The van der Waals surface area contributed by atoms with Crippen LogP contribution in [0.5, 0.6) is 0 Å². The largest absolute Gasteiger partial charge is 0.358 e. The van der Waals surface area contributed by atoms with E-state index in [2.05, 4.69) is 64.8 Å². The maximum absolute atomic E-state index is 12.0. The number of aromatic amines is 1. The average Bonchev–Trinajstić information content (AvgIpc) is 3.07. The van der Waals surface area contributed by atoms with Crippen molar-refractivity contribution in [3.63, 3.8) is 0 Å². The summed E-state index contributed by atoms with van der Waals surface area (Å²) in [5, 5.41) is 8.07. The van der Waals surface area contributed by atoms with Crippen LogP contribution in [0.15, 0.2) is 59.6 Å². The molecule has 1 aromatic heterocycles. The number of aryl methyl sites for hydroxylation is 1. The number of nitrogens with one attached hydrogen (secondary N) is 3. The predicted octanol–water partition coefficient (Wildman–Crippen LogP) is 4.02. The fourth-order valence-corrected chi connectivity index (χ4v) is 3.43. The molecule has 31 heavy (non-hydrogen) atoms. The quantitative estimate of drug-likeness (QED) is 0.244. The number of para-hydroxylation sites is 1. The third-order valence-electron chi connectivity index (χ3n) is 5.22. The number of likely N-dealkylation sites (N-methyl/N-ethyl adjacent to an activating group) is 1. The van der Waals surface area contributed by atoms with Crippen LogP contribution in [0.4, 0.5) is 0 Å². The minimum atomic E-state index is -0.0315. The van der Waals surface area contributed by atoms with Crippen molar-refractivity contribution in [1.82, 2.24) is 20.5 Å². The molecule has 1 amide bonds. The molecular formula is C24H32IN5O. The van der Waals surface area contributed by atoms with Crippen LogP contribution in [0.2, 0.25) is 0 Å². The zero-order valence-electron chi connectivity index (χ0n) is 18.6. The number of rotatable bonds is 7. The standard InChI is InChI=1S/C24H31N5O.HI/c1-17(19-10-6-5-7-11-19)28-24(26-16-23(30)29(3)4)25-15-14-20-18(2)27-22-13-9-8-12-21(20)22;/h5-13,17,27H,14-16H2,1-4H3,(H2,25,26,28);1H. The lowest BCUT2D eigenvalue weighted by Gasteiger charge is -2.19. The van der Waals surface area contributed by atoms with Gasteiger partial charge in [0.05, 0.1) is 6.04 Å². The van der Waals surface area contributed by atoms with Crippen LogP contribution < -0.4 is 10.6 Å². The van der Waals surface area contributed by atoms with Gasteiger partial charge in [0.1, 0.15) is 6.54 Å². The van der Waals surface area contributed by atoms with E-state index in [1.54, 1.807) is 19.0 Å². The molecule has 3 rings (SSSR count). The summed E-state index contributed by atoms with van der Waals surface area (Å²) >= 11 is 0. The summed E-state index contributed by atoms with van der Waals surface area (Å²) in [4.78, 5) is 21.5. The molecule has 0 aliphatic carbocycles. The number of H-pyrrole nitrogens is 1. The van der Waals surface area contributed by atoms with E-state index >= 15 is 0 Å². The zero-order chi connectivity index (χ0) is 21.5. The number of hydrogen-bond donors (Lipinski definition) is 3. The first-order valence-electron chi connectivity index (χ1n) is 10.3. The monoisotopic (exact) mass is 533 g/mol. The van der Waals surface area contributed by atoms with Crippen LogP contribution in [0.3, 0.4) is 0 Å². The van der Waals surface area contributed by atoms with E-state index in [4.69, 9.17) is 0 Å². The normalized spacial score (nSPS) is 12.2. The summed E-state index contributed by atoms with van der Waals surface area (Å²) in [5.41, 5.74) is 4.81. The van der Waals surface area contributed by atoms with Crippen molar-refractivity contribution in [2.24, 2.45) is 4.99 Å². The topological polar surface area (TPSA) is 72.5 Å². The number of nitrogens with zero attached hydrogens (tertiary/aromatic N) is 2. The van der Waals surface area contributed by atoms with E-state index in [0.717, 1.165) is 11.9 Å². The predicted molar refractivity (Wildman–Crippen MR) is 139 cm³/mol. The van der Waals surface area contributed by atoms with Gasteiger partial charge in [0.25, 0.3) is 0 Å². The van der Waals surface area contributed by atoms with Crippen molar-refractivity contribution in [1.29, 1.82) is 0 Å². The molecule has 0 saturated heterocycles. The highest BCUT2D eigenvalue weighted by molar-refractivity contribution is 14.0. The molecule has 1 atom stereocenters. The van der Waals surface area contributed by atoms with Gasteiger partial charge >= 0.3 is 0 Å². The van der Waals surface area contributed by atoms with Gasteiger partial charge in [-0.05, 0) is 37.5 Å². The van der Waals surface area contributed by atoms with Crippen molar-refractivity contribution >= 4 is 46.7 Å². The van der Waals surface area contributed by atoms with Crippen molar-refractivity contribution in [3.05, 3.63) is 71.4 Å². The van der Waals surface area contributed by atoms with Crippen LogP contribution in [0, 0.1) is 6.92 Å². The maximum Gasteiger partial charge on any atom is 0.243 e. The lowest BCUT2D eigenvalue weighted by atomic mass is 10.1. The lowest BCUT2D eigenvalue weighted by Crippen LogP contribution is -2.40.